The van der Waals surface area contributed by atoms with Crippen molar-refractivity contribution < 1.29 is 9.53 Å². The van der Waals surface area contributed by atoms with Crippen LogP contribution in [0.3, 0.4) is 0 Å². The molecule has 9 heteroatoms. The van der Waals surface area contributed by atoms with Crippen LogP contribution in [0, 0.1) is 5.92 Å². The van der Waals surface area contributed by atoms with Crippen molar-refractivity contribution >= 4 is 57.9 Å². The number of allylic oxidation sites excluding steroid dienone is 1. The van der Waals surface area contributed by atoms with Gasteiger partial charge in [-0.05, 0) is 42.5 Å². The Kier molecular flexibility index (Phi) is 6.72. The smallest absolute Gasteiger partial charge is 0.338 e. The Morgan fingerprint density at radius 2 is 1.97 bits per heavy atom. The summed E-state index contributed by atoms with van der Waals surface area (Å²) in [5, 5.41) is 2.82. The average Bonchev–Trinajstić information content (AvgIpc) is 3.37. The lowest BCUT2D eigenvalue weighted by molar-refractivity contribution is -0.140. The minimum atomic E-state index is -0.602. The fourth-order valence-electron chi connectivity index (χ4n) is 3.40. The molecule has 1 aliphatic rings. The van der Waals surface area contributed by atoms with E-state index in [0.717, 1.165) is 4.88 Å². The molecule has 0 aliphatic carbocycles. The molecule has 0 bridgehead atoms. The van der Waals surface area contributed by atoms with Crippen molar-refractivity contribution in [2.45, 2.75) is 26.8 Å². The first-order valence-corrected chi connectivity index (χ1v) is 12.4. The maximum absolute atomic E-state index is 13.5. The number of rotatable bonds is 5. The van der Waals surface area contributed by atoms with Crippen molar-refractivity contribution in [2.75, 3.05) is 6.61 Å². The van der Waals surface area contributed by atoms with Crippen LogP contribution in [0.15, 0.2) is 56.8 Å². The van der Waals surface area contributed by atoms with Gasteiger partial charge in [0, 0.05) is 20.5 Å². The summed E-state index contributed by atoms with van der Waals surface area (Å²) >= 11 is 15.3. The number of ether oxygens (including phenoxy) is 1. The quantitative estimate of drug-likeness (QED) is 0.466. The summed E-state index contributed by atoms with van der Waals surface area (Å²) in [6.45, 7) is 6.01. The summed E-state index contributed by atoms with van der Waals surface area (Å²) in [5.74, 6) is -0.261. The number of aromatic nitrogens is 1. The number of hydrogen-bond acceptors (Lipinski definition) is 6. The van der Waals surface area contributed by atoms with Gasteiger partial charge in [-0.25, -0.2) is 9.79 Å². The van der Waals surface area contributed by atoms with E-state index < -0.39 is 12.0 Å². The van der Waals surface area contributed by atoms with Crippen molar-refractivity contribution in [1.29, 1.82) is 0 Å². The summed E-state index contributed by atoms with van der Waals surface area (Å²) in [6, 6.07) is 8.39. The number of halogens is 2. The highest BCUT2D eigenvalue weighted by Crippen LogP contribution is 2.33. The second kappa shape index (κ2) is 9.35. The predicted molar refractivity (Wildman–Crippen MR) is 130 cm³/mol. The second-order valence-corrected chi connectivity index (χ2v) is 10.5. The van der Waals surface area contributed by atoms with Gasteiger partial charge in [0.2, 0.25) is 0 Å². The topological polar surface area (TPSA) is 60.7 Å². The summed E-state index contributed by atoms with van der Waals surface area (Å²) in [7, 11) is 0. The molecule has 0 radical (unpaired) electrons. The van der Waals surface area contributed by atoms with E-state index in [0.29, 0.717) is 42.8 Å². The number of hydrogen-bond donors (Lipinski definition) is 0. The SMILES string of the molecule is CC1=C(C(=O)OCC(C)C)C(c2cccs2)n2c(s/c(=C/c3c(Cl)cccc3Cl)c2=O)=N1. The highest BCUT2D eigenvalue weighted by atomic mass is 35.5. The van der Waals surface area contributed by atoms with Crippen LogP contribution in [0.1, 0.15) is 37.3 Å². The molecule has 0 saturated carbocycles. The molecule has 1 aliphatic heterocycles. The Morgan fingerprint density at radius 3 is 2.59 bits per heavy atom. The summed E-state index contributed by atoms with van der Waals surface area (Å²) in [6.07, 6.45) is 1.68. The Bertz CT molecular complexity index is 1370. The second-order valence-electron chi connectivity index (χ2n) is 7.72. The van der Waals surface area contributed by atoms with Crippen LogP contribution >= 0.6 is 45.9 Å². The zero-order valence-electron chi connectivity index (χ0n) is 17.6. The summed E-state index contributed by atoms with van der Waals surface area (Å²) in [4.78, 5) is 32.5. The molecular weight excluding hydrogens is 487 g/mol. The van der Waals surface area contributed by atoms with E-state index >= 15 is 0 Å². The molecule has 2 aromatic heterocycles. The molecule has 4 rings (SSSR count). The van der Waals surface area contributed by atoms with Gasteiger partial charge < -0.3 is 4.74 Å². The fourth-order valence-corrected chi connectivity index (χ4v) is 5.76. The Hall–Kier alpha value is -2.19. The van der Waals surface area contributed by atoms with Gasteiger partial charge in [-0.15, -0.1) is 11.3 Å². The van der Waals surface area contributed by atoms with Crippen molar-refractivity contribution in [3.05, 3.63) is 87.2 Å². The van der Waals surface area contributed by atoms with E-state index in [4.69, 9.17) is 27.9 Å². The third-order valence-corrected chi connectivity index (χ3v) is 7.44. The predicted octanol–water partition coefficient (Wildman–Crippen LogP) is 4.80. The first-order chi connectivity index (χ1) is 15.3. The number of carbonyl (C=O) groups excluding carboxylic acids is 1. The van der Waals surface area contributed by atoms with Crippen LogP contribution in [0.25, 0.3) is 6.08 Å². The van der Waals surface area contributed by atoms with Crippen LogP contribution in [-0.2, 0) is 9.53 Å². The van der Waals surface area contributed by atoms with E-state index in [9.17, 15) is 9.59 Å². The van der Waals surface area contributed by atoms with E-state index in [1.54, 1.807) is 35.8 Å². The third-order valence-electron chi connectivity index (χ3n) is 4.88. The monoisotopic (exact) mass is 506 g/mol. The zero-order valence-corrected chi connectivity index (χ0v) is 20.7. The van der Waals surface area contributed by atoms with Gasteiger partial charge in [0.1, 0.15) is 6.04 Å². The Labute approximate surface area is 202 Å². The molecule has 32 heavy (non-hydrogen) atoms. The summed E-state index contributed by atoms with van der Waals surface area (Å²) in [5.41, 5.74) is 1.23. The number of thiazole rings is 1. The van der Waals surface area contributed by atoms with Gasteiger partial charge in [0.15, 0.2) is 4.80 Å². The minimum Gasteiger partial charge on any atom is -0.462 e. The molecule has 1 aromatic carbocycles. The molecule has 3 aromatic rings. The van der Waals surface area contributed by atoms with E-state index in [1.807, 2.05) is 31.4 Å². The number of nitrogens with zero attached hydrogens (tertiary/aromatic N) is 2. The molecule has 1 atom stereocenters. The van der Waals surface area contributed by atoms with Crippen LogP contribution in [-0.4, -0.2) is 17.1 Å². The Morgan fingerprint density at radius 1 is 1.25 bits per heavy atom. The van der Waals surface area contributed by atoms with Crippen LogP contribution in [0.4, 0.5) is 0 Å². The van der Waals surface area contributed by atoms with E-state index in [-0.39, 0.29) is 11.5 Å². The fraction of sp³-hybridized carbons (Fsp3) is 0.261. The minimum absolute atomic E-state index is 0.196. The first-order valence-electron chi connectivity index (χ1n) is 9.95. The highest BCUT2D eigenvalue weighted by molar-refractivity contribution is 7.10. The standard InChI is InChI=1S/C23H20Cl2N2O3S2/c1-12(2)11-30-22(29)19-13(3)26-23-27(20(19)17-8-5-9-31-17)21(28)18(32-23)10-14-15(24)6-4-7-16(14)25/h4-10,12,20H,11H2,1-3H3/b18-10+. The number of benzene rings is 1. The molecule has 0 saturated heterocycles. The molecule has 166 valence electrons. The largest absolute Gasteiger partial charge is 0.462 e. The van der Waals surface area contributed by atoms with Crippen molar-refractivity contribution in [2.24, 2.45) is 10.9 Å². The third kappa shape index (κ3) is 4.35. The van der Waals surface area contributed by atoms with Gasteiger partial charge in [0.05, 0.1) is 22.4 Å². The van der Waals surface area contributed by atoms with Crippen molar-refractivity contribution in [3.63, 3.8) is 0 Å². The normalized spacial score (nSPS) is 16.3. The van der Waals surface area contributed by atoms with Gasteiger partial charge in [0.25, 0.3) is 5.56 Å². The van der Waals surface area contributed by atoms with Crippen molar-refractivity contribution in [3.8, 4) is 0 Å². The molecule has 1 unspecified atom stereocenters. The molecule has 0 fully saturated rings. The highest BCUT2D eigenvalue weighted by Gasteiger charge is 2.34. The maximum atomic E-state index is 13.5. The van der Waals surface area contributed by atoms with Crippen LogP contribution in [0.5, 0.6) is 0 Å². The van der Waals surface area contributed by atoms with Crippen LogP contribution < -0.4 is 14.9 Å². The molecule has 0 amide bonds. The average molecular weight is 507 g/mol. The molecular formula is C23H20Cl2N2O3S2. The summed E-state index contributed by atoms with van der Waals surface area (Å²) < 4.78 is 7.52. The van der Waals surface area contributed by atoms with Gasteiger partial charge in [-0.1, -0.05) is 60.5 Å². The van der Waals surface area contributed by atoms with E-state index in [2.05, 4.69) is 4.99 Å². The lowest BCUT2D eigenvalue weighted by Gasteiger charge is -2.23. The van der Waals surface area contributed by atoms with Gasteiger partial charge in [-0.2, -0.15) is 0 Å². The molecule has 5 nitrogen and oxygen atoms in total. The van der Waals surface area contributed by atoms with Gasteiger partial charge in [-0.3, -0.25) is 9.36 Å². The number of fused-ring (bicyclic) bond motifs is 1. The number of carbonyl (C=O) groups is 1. The van der Waals surface area contributed by atoms with Crippen LogP contribution in [0.2, 0.25) is 10.0 Å². The maximum Gasteiger partial charge on any atom is 0.338 e. The van der Waals surface area contributed by atoms with E-state index in [1.165, 1.54) is 22.7 Å². The Balaban J connectivity index is 1.91. The van der Waals surface area contributed by atoms with Crippen molar-refractivity contribution in [1.82, 2.24) is 4.57 Å². The molecule has 0 N–H and O–H groups in total. The van der Waals surface area contributed by atoms with Gasteiger partial charge >= 0.3 is 5.97 Å². The molecule has 0 spiro atoms. The number of thiophene rings is 1. The lowest BCUT2D eigenvalue weighted by Crippen LogP contribution is -2.39. The zero-order chi connectivity index (χ0) is 23.0. The number of esters is 1. The first kappa shape index (κ1) is 23.0. The lowest BCUT2D eigenvalue weighted by atomic mass is 10.0. The molecule has 3 heterocycles.